The van der Waals surface area contributed by atoms with Gasteiger partial charge in [0.15, 0.2) is 4.80 Å². The van der Waals surface area contributed by atoms with Crippen LogP contribution in [-0.4, -0.2) is 46.1 Å². The molecule has 11 heteroatoms. The van der Waals surface area contributed by atoms with Crippen LogP contribution in [0.25, 0.3) is 23.0 Å². The fourth-order valence-electron chi connectivity index (χ4n) is 5.95. The zero-order chi connectivity index (χ0) is 36.2. The molecule has 3 heterocycles. The molecule has 0 saturated heterocycles. The molecule has 0 amide bonds. The van der Waals surface area contributed by atoms with Crippen molar-refractivity contribution in [2.45, 2.75) is 59.6 Å². The zero-order valence-corrected chi connectivity index (χ0v) is 30.3. The summed E-state index contributed by atoms with van der Waals surface area (Å²) in [5, 5.41) is 4.98. The number of carbonyl (C=O) groups excluding carboxylic acids is 2. The number of hydrogen-bond donors (Lipinski definition) is 0. The van der Waals surface area contributed by atoms with Crippen molar-refractivity contribution in [3.63, 3.8) is 0 Å². The zero-order valence-electron chi connectivity index (χ0n) is 29.5. The van der Waals surface area contributed by atoms with Crippen molar-refractivity contribution in [3.8, 4) is 22.7 Å². The van der Waals surface area contributed by atoms with E-state index in [1.54, 1.807) is 49.7 Å². The molecule has 0 radical (unpaired) electrons. The second-order valence-electron chi connectivity index (χ2n) is 12.5. The maximum absolute atomic E-state index is 14.5. The fraction of sp³-hybridized carbons (Fsp3) is 0.275. The number of carbonyl (C=O) groups is 2. The Morgan fingerprint density at radius 1 is 1.00 bits per heavy atom. The quantitative estimate of drug-likeness (QED) is 0.117. The van der Waals surface area contributed by atoms with Gasteiger partial charge in [-0.1, -0.05) is 55.0 Å². The highest BCUT2D eigenvalue weighted by molar-refractivity contribution is 7.07. The van der Waals surface area contributed by atoms with Gasteiger partial charge in [0.1, 0.15) is 11.4 Å². The average molecular weight is 705 g/mol. The number of unbranched alkanes of at least 4 members (excludes halogenated alkanes) is 1. The molecule has 0 N–H and O–H groups in total. The van der Waals surface area contributed by atoms with Crippen LogP contribution in [-0.2, 0) is 14.3 Å². The number of para-hydroxylation sites is 1. The molecule has 0 saturated carbocycles. The Morgan fingerprint density at radius 3 is 2.41 bits per heavy atom. The molecule has 1 aliphatic heterocycles. The van der Waals surface area contributed by atoms with Gasteiger partial charge in [0.25, 0.3) is 5.56 Å². The molecule has 0 bridgehead atoms. The molecule has 6 rings (SSSR count). The predicted octanol–water partition coefficient (Wildman–Crippen LogP) is 6.31. The van der Waals surface area contributed by atoms with Crippen molar-refractivity contribution >= 4 is 29.4 Å². The molecular formula is C40H40N4O6S. The van der Waals surface area contributed by atoms with E-state index in [0.717, 1.165) is 41.0 Å². The van der Waals surface area contributed by atoms with Gasteiger partial charge in [-0.25, -0.2) is 19.3 Å². The van der Waals surface area contributed by atoms with Gasteiger partial charge in [0, 0.05) is 17.3 Å². The van der Waals surface area contributed by atoms with Crippen molar-refractivity contribution in [1.82, 2.24) is 14.3 Å². The molecule has 5 aromatic rings. The number of aromatic nitrogens is 3. The van der Waals surface area contributed by atoms with E-state index in [9.17, 15) is 14.4 Å². The van der Waals surface area contributed by atoms with Gasteiger partial charge in [-0.15, -0.1) is 0 Å². The summed E-state index contributed by atoms with van der Waals surface area (Å²) >= 11 is 1.23. The minimum atomic E-state index is -0.837. The van der Waals surface area contributed by atoms with Crippen molar-refractivity contribution < 1.29 is 23.8 Å². The van der Waals surface area contributed by atoms with E-state index < -0.39 is 18.0 Å². The first kappa shape index (κ1) is 35.3. The molecular weight excluding hydrogens is 665 g/mol. The summed E-state index contributed by atoms with van der Waals surface area (Å²) < 4.78 is 20.3. The Bertz CT molecular complexity index is 2300. The Kier molecular flexibility index (Phi) is 10.5. The molecule has 3 aromatic carbocycles. The topological polar surface area (TPSA) is 114 Å². The van der Waals surface area contributed by atoms with Crippen LogP contribution >= 0.6 is 11.3 Å². The SMILES string of the molecule is CCCCOc1ccc(-c2nn(-c3ccccc3)cc2C=c2sc3n(c2=O)C(c2ccc(C(=O)OC)cc2)C(C(=O)OC(C)C)=C(C)N=3)cc1C. The minimum absolute atomic E-state index is 0.253. The average Bonchev–Trinajstić information content (AvgIpc) is 3.68. The first-order valence-electron chi connectivity index (χ1n) is 16.9. The van der Waals surface area contributed by atoms with Crippen LogP contribution in [0.3, 0.4) is 0 Å². The van der Waals surface area contributed by atoms with Gasteiger partial charge < -0.3 is 14.2 Å². The number of rotatable bonds is 11. The Morgan fingerprint density at radius 2 is 1.75 bits per heavy atom. The van der Waals surface area contributed by atoms with Gasteiger partial charge in [-0.3, -0.25) is 9.36 Å². The van der Waals surface area contributed by atoms with Gasteiger partial charge in [-0.05, 0) is 93.8 Å². The third kappa shape index (κ3) is 7.34. The van der Waals surface area contributed by atoms with Gasteiger partial charge in [0.2, 0.25) is 0 Å². The molecule has 0 spiro atoms. The molecule has 262 valence electrons. The monoisotopic (exact) mass is 704 g/mol. The number of esters is 2. The van der Waals surface area contributed by atoms with Gasteiger partial charge in [0.05, 0.1) is 52.9 Å². The molecule has 1 unspecified atom stereocenters. The van der Waals surface area contributed by atoms with E-state index in [2.05, 4.69) is 6.92 Å². The smallest absolute Gasteiger partial charge is 0.338 e. The number of allylic oxidation sites excluding steroid dienone is 1. The number of methoxy groups -OCH3 is 1. The van der Waals surface area contributed by atoms with Gasteiger partial charge >= 0.3 is 11.9 Å². The number of hydrogen-bond acceptors (Lipinski definition) is 9. The first-order chi connectivity index (χ1) is 24.6. The second kappa shape index (κ2) is 15.1. The lowest BCUT2D eigenvalue weighted by atomic mass is 9.95. The third-order valence-electron chi connectivity index (χ3n) is 8.49. The lowest BCUT2D eigenvalue weighted by Gasteiger charge is -2.25. The predicted molar refractivity (Wildman–Crippen MR) is 197 cm³/mol. The summed E-state index contributed by atoms with van der Waals surface area (Å²) in [5.41, 5.74) is 5.51. The van der Waals surface area contributed by atoms with Crippen molar-refractivity contribution in [2.75, 3.05) is 13.7 Å². The molecule has 10 nitrogen and oxygen atoms in total. The van der Waals surface area contributed by atoms with Crippen LogP contribution in [0, 0.1) is 6.92 Å². The highest BCUT2D eigenvalue weighted by Gasteiger charge is 2.34. The lowest BCUT2D eigenvalue weighted by Crippen LogP contribution is -2.40. The van der Waals surface area contributed by atoms with E-state index in [1.807, 2.05) is 67.7 Å². The summed E-state index contributed by atoms with van der Waals surface area (Å²) in [5.74, 6) is -0.227. The summed E-state index contributed by atoms with van der Waals surface area (Å²) in [6, 6.07) is 21.6. The molecule has 2 aromatic heterocycles. The maximum atomic E-state index is 14.5. The highest BCUT2D eigenvalue weighted by atomic mass is 32.1. The van der Waals surface area contributed by atoms with E-state index >= 15 is 0 Å². The van der Waals surface area contributed by atoms with Crippen molar-refractivity contribution in [3.05, 3.63) is 132 Å². The van der Waals surface area contributed by atoms with Crippen LogP contribution in [0.5, 0.6) is 5.75 Å². The normalized spacial score (nSPS) is 14.3. The standard InChI is InChI=1S/C40H40N4O6S/c1-7-8-20-49-32-19-18-29(21-25(32)4)35-30(23-43(42-35)31-12-10-9-11-13-31)22-33-37(45)44-36(27-14-16-28(17-15-27)38(46)48-6)34(39(47)50-24(2)3)26(5)41-40(44)51-33/h9-19,21-24,36H,7-8,20H2,1-6H3. The molecule has 1 aliphatic rings. The Hall–Kier alpha value is -5.55. The second-order valence-corrected chi connectivity index (χ2v) is 13.6. The van der Waals surface area contributed by atoms with Gasteiger partial charge in [-0.2, -0.15) is 5.10 Å². The van der Waals surface area contributed by atoms with Crippen LogP contribution in [0.4, 0.5) is 0 Å². The summed E-state index contributed by atoms with van der Waals surface area (Å²) in [7, 11) is 1.31. The van der Waals surface area contributed by atoms with Crippen LogP contribution in [0.15, 0.2) is 100 Å². The first-order valence-corrected chi connectivity index (χ1v) is 17.7. The minimum Gasteiger partial charge on any atom is -0.493 e. The fourth-order valence-corrected chi connectivity index (χ4v) is 6.99. The Balaban J connectivity index is 1.51. The lowest BCUT2D eigenvalue weighted by molar-refractivity contribution is -0.143. The molecule has 51 heavy (non-hydrogen) atoms. The van der Waals surface area contributed by atoms with Crippen molar-refractivity contribution in [1.29, 1.82) is 0 Å². The molecule has 0 fully saturated rings. The van der Waals surface area contributed by atoms with E-state index in [-0.39, 0.29) is 17.2 Å². The van der Waals surface area contributed by atoms with Crippen molar-refractivity contribution in [2.24, 2.45) is 4.99 Å². The number of aryl methyl sites for hydroxylation is 1. The number of ether oxygens (including phenoxy) is 3. The van der Waals surface area contributed by atoms with E-state index in [4.69, 9.17) is 24.3 Å². The number of thiazole rings is 1. The summed E-state index contributed by atoms with van der Waals surface area (Å²) in [6.45, 7) is 10.1. The summed E-state index contributed by atoms with van der Waals surface area (Å²) in [6.07, 6.45) is 5.38. The largest absolute Gasteiger partial charge is 0.493 e. The highest BCUT2D eigenvalue weighted by Crippen LogP contribution is 2.32. The third-order valence-corrected chi connectivity index (χ3v) is 9.47. The number of benzene rings is 3. The Labute approximate surface area is 300 Å². The number of fused-ring (bicyclic) bond motifs is 1. The van der Waals surface area contributed by atoms with Crippen LogP contribution < -0.4 is 19.6 Å². The van der Waals surface area contributed by atoms with Crippen LogP contribution in [0.1, 0.15) is 73.6 Å². The van der Waals surface area contributed by atoms with Crippen LogP contribution in [0.2, 0.25) is 0 Å². The summed E-state index contributed by atoms with van der Waals surface area (Å²) in [4.78, 5) is 45.4. The maximum Gasteiger partial charge on any atom is 0.338 e. The van der Waals surface area contributed by atoms with E-state index in [1.165, 1.54) is 23.0 Å². The molecule has 0 aliphatic carbocycles. The number of nitrogens with zero attached hydrogens (tertiary/aromatic N) is 4. The van der Waals surface area contributed by atoms with E-state index in [0.29, 0.717) is 38.5 Å². The molecule has 1 atom stereocenters.